The van der Waals surface area contributed by atoms with Crippen LogP contribution in [0.25, 0.3) is 0 Å². The molecule has 2 heteroatoms. The van der Waals surface area contributed by atoms with Gasteiger partial charge in [0.1, 0.15) is 0 Å². The van der Waals surface area contributed by atoms with Crippen LogP contribution < -0.4 is 0 Å². The number of benzene rings is 1. The predicted octanol–water partition coefficient (Wildman–Crippen LogP) is 3.66. The molecule has 15 heavy (non-hydrogen) atoms. The monoisotopic (exact) mass is 218 g/mol. The van der Waals surface area contributed by atoms with E-state index in [4.69, 9.17) is 0 Å². The molecule has 1 aliphatic carbocycles. The normalized spacial score (nSPS) is 21.3. The van der Waals surface area contributed by atoms with Crippen LogP contribution in [0.4, 0.5) is 0 Å². The van der Waals surface area contributed by atoms with Crippen molar-refractivity contribution in [2.45, 2.75) is 24.7 Å². The van der Waals surface area contributed by atoms with Gasteiger partial charge in [-0.25, -0.2) is 0 Å². The van der Waals surface area contributed by atoms with E-state index < -0.39 is 0 Å². The summed E-state index contributed by atoms with van der Waals surface area (Å²) in [6.07, 6.45) is 3.81. The van der Waals surface area contributed by atoms with E-state index >= 15 is 0 Å². The molecule has 1 atom stereocenters. The van der Waals surface area contributed by atoms with Crippen LogP contribution in [0.3, 0.4) is 0 Å². The number of hydrogen-bond donors (Lipinski definition) is 0. The fraction of sp³-hybridized carbons (Fsp3) is 0.308. The van der Waals surface area contributed by atoms with Gasteiger partial charge in [0.25, 0.3) is 0 Å². The van der Waals surface area contributed by atoms with Crippen LogP contribution in [-0.2, 0) is 4.79 Å². The Balaban J connectivity index is 2.10. The van der Waals surface area contributed by atoms with E-state index in [0.29, 0.717) is 18.1 Å². The summed E-state index contributed by atoms with van der Waals surface area (Å²) in [5.41, 5.74) is 0. The lowest BCUT2D eigenvalue weighted by Crippen LogP contribution is -2.11. The number of Topliss-reactive ketones (excluding diaryl/α,β-unsaturated/α-hetero) is 1. The lowest BCUT2D eigenvalue weighted by molar-refractivity contribution is -0.116. The topological polar surface area (TPSA) is 17.1 Å². The maximum Gasteiger partial charge on any atom is 0.169 e. The zero-order chi connectivity index (χ0) is 10.7. The van der Waals surface area contributed by atoms with Crippen molar-refractivity contribution in [3.8, 4) is 0 Å². The van der Waals surface area contributed by atoms with Crippen molar-refractivity contribution < 1.29 is 4.79 Å². The van der Waals surface area contributed by atoms with Gasteiger partial charge < -0.3 is 0 Å². The Morgan fingerprint density at radius 3 is 2.67 bits per heavy atom. The van der Waals surface area contributed by atoms with E-state index in [-0.39, 0.29) is 0 Å². The van der Waals surface area contributed by atoms with Gasteiger partial charge in [0.2, 0.25) is 0 Å². The first-order valence-electron chi connectivity index (χ1n) is 5.22. The highest BCUT2D eigenvalue weighted by Crippen LogP contribution is 2.32. The van der Waals surface area contributed by atoms with Gasteiger partial charge in [-0.05, 0) is 24.5 Å². The van der Waals surface area contributed by atoms with E-state index in [0.717, 1.165) is 16.2 Å². The highest BCUT2D eigenvalue weighted by Gasteiger charge is 2.19. The number of carbonyl (C=O) groups excluding carboxylic acids is 1. The summed E-state index contributed by atoms with van der Waals surface area (Å²) in [6.45, 7) is 2.12. The third-order valence-electron chi connectivity index (χ3n) is 2.49. The van der Waals surface area contributed by atoms with Crippen molar-refractivity contribution in [2.24, 2.45) is 5.92 Å². The molecular formula is C13H14OS. The third kappa shape index (κ3) is 2.72. The molecule has 0 aliphatic heterocycles. The zero-order valence-corrected chi connectivity index (χ0v) is 9.59. The van der Waals surface area contributed by atoms with Gasteiger partial charge in [-0.15, -0.1) is 0 Å². The second kappa shape index (κ2) is 4.67. The Labute approximate surface area is 94.6 Å². The summed E-state index contributed by atoms with van der Waals surface area (Å²) in [7, 11) is 0. The largest absolute Gasteiger partial charge is 0.294 e. The fourth-order valence-corrected chi connectivity index (χ4v) is 2.56. The van der Waals surface area contributed by atoms with Gasteiger partial charge in [0.05, 0.1) is 4.91 Å². The Bertz CT molecular complexity index is 381. The first kappa shape index (κ1) is 10.5. The average molecular weight is 218 g/mol. The van der Waals surface area contributed by atoms with Crippen LogP contribution in [0.15, 0.2) is 46.2 Å². The number of allylic oxidation sites excluding steroid dienone is 2. The van der Waals surface area contributed by atoms with Crippen molar-refractivity contribution in [3.05, 3.63) is 41.3 Å². The molecule has 2 rings (SSSR count). The molecule has 0 saturated heterocycles. The standard InChI is InChI=1S/C13H14OS/c1-10-7-8-13(12(14)9-10)15-11-5-3-2-4-6-11/h2-6,8,10H,7,9H2,1H3/t10-/m1/s1. The molecule has 1 aromatic carbocycles. The van der Waals surface area contributed by atoms with Gasteiger partial charge in [-0.3, -0.25) is 4.79 Å². The molecule has 1 nitrogen and oxygen atoms in total. The second-order valence-electron chi connectivity index (χ2n) is 3.95. The van der Waals surface area contributed by atoms with E-state index in [9.17, 15) is 4.79 Å². The number of ketones is 1. The maximum absolute atomic E-state index is 11.7. The number of carbonyl (C=O) groups is 1. The molecule has 0 radical (unpaired) electrons. The van der Waals surface area contributed by atoms with Crippen molar-refractivity contribution in [2.75, 3.05) is 0 Å². The van der Waals surface area contributed by atoms with Crippen molar-refractivity contribution in [1.82, 2.24) is 0 Å². The van der Waals surface area contributed by atoms with Gasteiger partial charge in [0, 0.05) is 11.3 Å². The molecular weight excluding hydrogens is 204 g/mol. The molecule has 0 amide bonds. The van der Waals surface area contributed by atoms with Crippen molar-refractivity contribution in [1.29, 1.82) is 0 Å². The first-order valence-corrected chi connectivity index (χ1v) is 6.03. The second-order valence-corrected chi connectivity index (χ2v) is 5.07. The fourth-order valence-electron chi connectivity index (χ4n) is 1.64. The molecule has 0 saturated carbocycles. The quantitative estimate of drug-likeness (QED) is 0.753. The van der Waals surface area contributed by atoms with E-state index in [1.165, 1.54) is 0 Å². The number of thioether (sulfide) groups is 1. The highest BCUT2D eigenvalue weighted by atomic mass is 32.2. The minimum absolute atomic E-state index is 0.294. The summed E-state index contributed by atoms with van der Waals surface area (Å²) in [5.74, 6) is 0.806. The Morgan fingerprint density at radius 2 is 2.00 bits per heavy atom. The molecule has 0 aromatic heterocycles. The van der Waals surface area contributed by atoms with Gasteiger partial charge in [0.15, 0.2) is 5.78 Å². The lowest BCUT2D eigenvalue weighted by Gasteiger charge is -2.16. The summed E-state index contributed by atoms with van der Waals surface area (Å²) < 4.78 is 0. The Morgan fingerprint density at radius 1 is 1.27 bits per heavy atom. The molecule has 1 aromatic rings. The smallest absolute Gasteiger partial charge is 0.169 e. The van der Waals surface area contributed by atoms with Crippen LogP contribution in [0.5, 0.6) is 0 Å². The van der Waals surface area contributed by atoms with E-state index in [1.807, 2.05) is 30.3 Å². The Kier molecular flexibility index (Phi) is 3.27. The van der Waals surface area contributed by atoms with Crippen LogP contribution in [0.1, 0.15) is 19.8 Å². The summed E-state index contributed by atoms with van der Waals surface area (Å²) in [6, 6.07) is 10.1. The summed E-state index contributed by atoms with van der Waals surface area (Å²) in [5, 5.41) is 0. The van der Waals surface area contributed by atoms with E-state index in [2.05, 4.69) is 13.0 Å². The first-order chi connectivity index (χ1) is 7.25. The Hall–Kier alpha value is -1.02. The summed E-state index contributed by atoms with van der Waals surface area (Å²) >= 11 is 1.59. The maximum atomic E-state index is 11.7. The molecule has 0 bridgehead atoms. The molecule has 0 fully saturated rings. The van der Waals surface area contributed by atoms with Crippen LogP contribution >= 0.6 is 11.8 Å². The van der Waals surface area contributed by atoms with Crippen LogP contribution in [0, 0.1) is 5.92 Å². The van der Waals surface area contributed by atoms with Crippen LogP contribution in [-0.4, -0.2) is 5.78 Å². The molecule has 78 valence electrons. The number of hydrogen-bond acceptors (Lipinski definition) is 2. The molecule has 0 N–H and O–H groups in total. The van der Waals surface area contributed by atoms with Gasteiger partial charge in [-0.2, -0.15) is 0 Å². The molecule has 0 unspecified atom stereocenters. The van der Waals surface area contributed by atoms with Crippen molar-refractivity contribution >= 4 is 17.5 Å². The zero-order valence-electron chi connectivity index (χ0n) is 8.77. The minimum Gasteiger partial charge on any atom is -0.294 e. The van der Waals surface area contributed by atoms with Gasteiger partial charge >= 0.3 is 0 Å². The molecule has 0 heterocycles. The molecule has 0 spiro atoms. The van der Waals surface area contributed by atoms with Crippen molar-refractivity contribution in [3.63, 3.8) is 0 Å². The minimum atomic E-state index is 0.294. The SMILES string of the molecule is C[C@@H]1CC=C(Sc2ccccc2)C(=O)C1. The summed E-state index contributed by atoms with van der Waals surface area (Å²) in [4.78, 5) is 13.8. The average Bonchev–Trinajstić information content (AvgIpc) is 2.24. The number of rotatable bonds is 2. The molecule has 1 aliphatic rings. The third-order valence-corrected chi connectivity index (χ3v) is 3.61. The highest BCUT2D eigenvalue weighted by molar-refractivity contribution is 8.04. The lowest BCUT2D eigenvalue weighted by atomic mass is 9.95. The predicted molar refractivity (Wildman–Crippen MR) is 63.8 cm³/mol. The van der Waals surface area contributed by atoms with Crippen LogP contribution in [0.2, 0.25) is 0 Å². The van der Waals surface area contributed by atoms with Gasteiger partial charge in [-0.1, -0.05) is 43.0 Å². The van der Waals surface area contributed by atoms with E-state index in [1.54, 1.807) is 11.8 Å².